The molecule has 2 unspecified atom stereocenters. The van der Waals surface area contributed by atoms with Crippen LogP contribution in [0.2, 0.25) is 0 Å². The Bertz CT molecular complexity index is 908. The molecule has 0 fully saturated rings. The molecule has 3 rings (SSSR count). The highest BCUT2D eigenvalue weighted by Gasteiger charge is 2.28. The third-order valence-corrected chi connectivity index (χ3v) is 5.49. The van der Waals surface area contributed by atoms with Crippen molar-refractivity contribution in [2.75, 3.05) is 17.2 Å². The Balaban J connectivity index is 0.00000320. The number of hydrogen-bond donors (Lipinski definition) is 3. The summed E-state index contributed by atoms with van der Waals surface area (Å²) in [5.41, 5.74) is 8.85. The monoisotopic (exact) mass is 434 g/mol. The van der Waals surface area contributed by atoms with E-state index in [1.807, 2.05) is 32.0 Å². The van der Waals surface area contributed by atoms with E-state index < -0.39 is 17.9 Å². The summed E-state index contributed by atoms with van der Waals surface area (Å²) in [6.07, 6.45) is 1.47. The molecule has 0 aliphatic carbocycles. The van der Waals surface area contributed by atoms with Crippen molar-refractivity contribution in [1.82, 2.24) is 4.90 Å². The minimum atomic E-state index is -0.513. The number of nitrogens with one attached hydrogen (secondary N) is 2. The van der Waals surface area contributed by atoms with Gasteiger partial charge < -0.3 is 21.3 Å². The average Bonchev–Trinajstić information content (AvgIpc) is 2.73. The van der Waals surface area contributed by atoms with E-state index in [-0.39, 0.29) is 29.9 Å². The third-order valence-electron chi connectivity index (χ3n) is 5.49. The van der Waals surface area contributed by atoms with Crippen LogP contribution in [-0.2, 0) is 17.8 Å². The SMILES string of the molecule is CCC(C)C(N)C(=O)N1CCc2c(cccc2NC(=O)Nc2ccccc2F)C1.Cl. The Hall–Kier alpha value is -2.64. The van der Waals surface area contributed by atoms with Gasteiger partial charge in [-0.25, -0.2) is 9.18 Å². The zero-order valence-corrected chi connectivity index (χ0v) is 18.0. The second kappa shape index (κ2) is 10.4. The highest BCUT2D eigenvalue weighted by molar-refractivity contribution is 6.00. The first-order valence-electron chi connectivity index (χ1n) is 9.88. The van der Waals surface area contributed by atoms with Gasteiger partial charge in [0.15, 0.2) is 0 Å². The smallest absolute Gasteiger partial charge is 0.323 e. The van der Waals surface area contributed by atoms with Crippen LogP contribution in [0, 0.1) is 11.7 Å². The molecule has 2 aromatic rings. The van der Waals surface area contributed by atoms with Crippen LogP contribution in [0.15, 0.2) is 42.5 Å². The third kappa shape index (κ3) is 5.29. The van der Waals surface area contributed by atoms with Crippen LogP contribution >= 0.6 is 12.4 Å². The molecule has 1 aliphatic rings. The molecule has 2 aromatic carbocycles. The van der Waals surface area contributed by atoms with E-state index in [1.54, 1.807) is 17.0 Å². The van der Waals surface area contributed by atoms with Gasteiger partial charge in [0.25, 0.3) is 0 Å². The molecule has 30 heavy (non-hydrogen) atoms. The molecule has 4 N–H and O–H groups in total. The Morgan fingerprint density at radius 3 is 2.50 bits per heavy atom. The lowest BCUT2D eigenvalue weighted by Gasteiger charge is -2.33. The average molecular weight is 435 g/mol. The van der Waals surface area contributed by atoms with Crippen molar-refractivity contribution < 1.29 is 14.0 Å². The molecule has 0 radical (unpaired) electrons. The molecular weight excluding hydrogens is 407 g/mol. The van der Waals surface area contributed by atoms with E-state index in [2.05, 4.69) is 10.6 Å². The van der Waals surface area contributed by atoms with Gasteiger partial charge in [0.05, 0.1) is 11.7 Å². The minimum Gasteiger partial charge on any atom is -0.337 e. The number of nitrogens with zero attached hydrogens (tertiary/aromatic N) is 1. The number of amides is 3. The van der Waals surface area contributed by atoms with Gasteiger partial charge >= 0.3 is 6.03 Å². The zero-order valence-electron chi connectivity index (χ0n) is 17.2. The number of anilines is 2. The fourth-order valence-electron chi connectivity index (χ4n) is 3.46. The predicted molar refractivity (Wildman–Crippen MR) is 119 cm³/mol. The Kier molecular flexibility index (Phi) is 8.20. The van der Waals surface area contributed by atoms with Crippen LogP contribution in [0.5, 0.6) is 0 Å². The lowest BCUT2D eigenvalue weighted by molar-refractivity contribution is -0.134. The quantitative estimate of drug-likeness (QED) is 0.660. The van der Waals surface area contributed by atoms with Gasteiger partial charge in [-0.3, -0.25) is 4.79 Å². The summed E-state index contributed by atoms with van der Waals surface area (Å²) in [6.45, 7) is 5.01. The first kappa shape index (κ1) is 23.6. The molecule has 2 atom stereocenters. The number of nitrogens with two attached hydrogens (primary N) is 1. The molecule has 0 bridgehead atoms. The molecule has 0 spiro atoms. The minimum absolute atomic E-state index is 0. The largest absolute Gasteiger partial charge is 0.337 e. The summed E-state index contributed by atoms with van der Waals surface area (Å²) in [6, 6.07) is 10.6. The summed E-state index contributed by atoms with van der Waals surface area (Å²) in [5, 5.41) is 5.32. The van der Waals surface area contributed by atoms with Gasteiger partial charge in [0.2, 0.25) is 5.91 Å². The fourth-order valence-corrected chi connectivity index (χ4v) is 3.46. The summed E-state index contributed by atoms with van der Waals surface area (Å²) in [4.78, 5) is 26.8. The van der Waals surface area contributed by atoms with Crippen molar-refractivity contribution in [3.8, 4) is 0 Å². The van der Waals surface area contributed by atoms with Crippen LogP contribution in [0.25, 0.3) is 0 Å². The Morgan fingerprint density at radius 1 is 1.13 bits per heavy atom. The molecule has 0 aromatic heterocycles. The van der Waals surface area contributed by atoms with Crippen LogP contribution in [-0.4, -0.2) is 29.4 Å². The van der Waals surface area contributed by atoms with E-state index in [0.29, 0.717) is 25.2 Å². The molecule has 0 saturated heterocycles. The van der Waals surface area contributed by atoms with Gasteiger partial charge in [0, 0.05) is 18.8 Å². The van der Waals surface area contributed by atoms with Crippen molar-refractivity contribution in [3.05, 3.63) is 59.4 Å². The molecule has 1 heterocycles. The van der Waals surface area contributed by atoms with Gasteiger partial charge in [-0.1, -0.05) is 44.5 Å². The highest BCUT2D eigenvalue weighted by Crippen LogP contribution is 2.27. The fraction of sp³-hybridized carbons (Fsp3) is 0.364. The van der Waals surface area contributed by atoms with Crippen molar-refractivity contribution in [2.45, 2.75) is 39.3 Å². The van der Waals surface area contributed by atoms with E-state index in [0.717, 1.165) is 17.5 Å². The van der Waals surface area contributed by atoms with E-state index in [9.17, 15) is 14.0 Å². The summed E-state index contributed by atoms with van der Waals surface area (Å²) in [7, 11) is 0. The van der Waals surface area contributed by atoms with Crippen LogP contribution < -0.4 is 16.4 Å². The number of benzene rings is 2. The summed E-state index contributed by atoms with van der Waals surface area (Å²) < 4.78 is 13.7. The standard InChI is InChI=1S/C22H27FN4O2.ClH/c1-3-14(2)20(24)21(28)27-12-11-16-15(13-27)7-6-10-18(16)25-22(29)26-19-9-5-4-8-17(19)23;/h4-10,14,20H,3,11-13,24H2,1-2H3,(H2,25,26,29);1H. The topological polar surface area (TPSA) is 87.5 Å². The number of fused-ring (bicyclic) bond motifs is 1. The number of rotatable bonds is 5. The zero-order chi connectivity index (χ0) is 21.0. The number of halogens is 2. The maximum Gasteiger partial charge on any atom is 0.323 e. The first-order chi connectivity index (χ1) is 13.9. The molecule has 1 aliphatic heterocycles. The van der Waals surface area contributed by atoms with Crippen molar-refractivity contribution >= 4 is 35.7 Å². The second-order valence-corrected chi connectivity index (χ2v) is 7.42. The van der Waals surface area contributed by atoms with E-state index in [1.165, 1.54) is 12.1 Å². The molecule has 8 heteroatoms. The second-order valence-electron chi connectivity index (χ2n) is 7.42. The van der Waals surface area contributed by atoms with Gasteiger partial charge in [-0.05, 0) is 41.7 Å². The molecule has 3 amide bonds. The normalized spacial score (nSPS) is 14.7. The molecule has 0 saturated carbocycles. The summed E-state index contributed by atoms with van der Waals surface area (Å²) >= 11 is 0. The van der Waals surface area contributed by atoms with Gasteiger partial charge in [-0.2, -0.15) is 0 Å². The number of hydrogen-bond acceptors (Lipinski definition) is 3. The Morgan fingerprint density at radius 2 is 1.80 bits per heavy atom. The Labute approximate surface area is 182 Å². The number of carbonyl (C=O) groups is 2. The maximum absolute atomic E-state index is 13.7. The lowest BCUT2D eigenvalue weighted by atomic mass is 9.94. The van der Waals surface area contributed by atoms with Crippen molar-refractivity contribution in [2.24, 2.45) is 11.7 Å². The lowest BCUT2D eigenvalue weighted by Crippen LogP contribution is -2.48. The van der Waals surface area contributed by atoms with Gasteiger partial charge in [0.1, 0.15) is 5.82 Å². The number of carbonyl (C=O) groups excluding carboxylic acids is 2. The van der Waals surface area contributed by atoms with E-state index >= 15 is 0 Å². The van der Waals surface area contributed by atoms with Crippen LogP contribution in [0.4, 0.5) is 20.6 Å². The first-order valence-corrected chi connectivity index (χ1v) is 9.88. The highest BCUT2D eigenvalue weighted by atomic mass is 35.5. The predicted octanol–water partition coefficient (Wildman–Crippen LogP) is 4.15. The van der Waals surface area contributed by atoms with E-state index in [4.69, 9.17) is 5.73 Å². The maximum atomic E-state index is 13.7. The van der Waals surface area contributed by atoms with Crippen LogP contribution in [0.1, 0.15) is 31.4 Å². The molecule has 6 nitrogen and oxygen atoms in total. The molecule has 162 valence electrons. The van der Waals surface area contributed by atoms with Gasteiger partial charge in [-0.15, -0.1) is 12.4 Å². The van der Waals surface area contributed by atoms with Crippen LogP contribution in [0.3, 0.4) is 0 Å². The van der Waals surface area contributed by atoms with Crippen molar-refractivity contribution in [3.63, 3.8) is 0 Å². The summed E-state index contributed by atoms with van der Waals surface area (Å²) in [5.74, 6) is -0.413. The number of urea groups is 1. The molecular formula is C22H28ClFN4O2. The van der Waals surface area contributed by atoms with Crippen molar-refractivity contribution in [1.29, 1.82) is 0 Å². The number of para-hydroxylation sites is 1.